The molecule has 1 aliphatic rings. The van der Waals surface area contributed by atoms with Crippen molar-refractivity contribution < 1.29 is 23.1 Å². The van der Waals surface area contributed by atoms with Crippen LogP contribution < -0.4 is 5.32 Å². The van der Waals surface area contributed by atoms with E-state index >= 15 is 0 Å². The fourth-order valence-electron chi connectivity index (χ4n) is 4.02. The second-order valence-corrected chi connectivity index (χ2v) is 8.34. The normalized spacial score (nSPS) is 15.4. The number of rotatable bonds is 5. The molecule has 0 radical (unpaired) electrons. The summed E-state index contributed by atoms with van der Waals surface area (Å²) in [5, 5.41) is 12.7. The van der Waals surface area contributed by atoms with Gasteiger partial charge in [0.1, 0.15) is 5.41 Å². The highest BCUT2D eigenvalue weighted by Gasteiger charge is 2.60. The van der Waals surface area contributed by atoms with Crippen LogP contribution >= 0.6 is 11.6 Å². The van der Waals surface area contributed by atoms with E-state index in [9.17, 15) is 23.1 Å². The molecular formula is C23H20ClF3N4O2. The number of hydrogen-bond acceptors (Lipinski definition) is 5. The van der Waals surface area contributed by atoms with E-state index in [1.54, 1.807) is 36.4 Å². The van der Waals surface area contributed by atoms with Crippen LogP contribution in [-0.2, 0) is 11.3 Å². The molecule has 0 aliphatic heterocycles. The van der Waals surface area contributed by atoms with Crippen LogP contribution in [0.15, 0.2) is 48.5 Å². The maximum Gasteiger partial charge on any atom is 0.403 e. The molecule has 0 spiro atoms. The molecule has 0 unspecified atom stereocenters. The summed E-state index contributed by atoms with van der Waals surface area (Å²) < 4.78 is 40.9. The number of carbonyl (C=O) groups is 1. The van der Waals surface area contributed by atoms with Crippen molar-refractivity contribution in [3.63, 3.8) is 0 Å². The first-order chi connectivity index (χ1) is 15.7. The van der Waals surface area contributed by atoms with Gasteiger partial charge in [-0.2, -0.15) is 23.1 Å². The number of benzene rings is 2. The van der Waals surface area contributed by atoms with Crippen LogP contribution in [0.5, 0.6) is 6.01 Å². The second-order valence-electron chi connectivity index (χ2n) is 7.93. The lowest BCUT2D eigenvalue weighted by atomic mass is 9.84. The van der Waals surface area contributed by atoms with E-state index in [0.29, 0.717) is 29.5 Å². The van der Waals surface area contributed by atoms with Gasteiger partial charge in [0.15, 0.2) is 11.6 Å². The van der Waals surface area contributed by atoms with E-state index in [2.05, 4.69) is 20.3 Å². The van der Waals surface area contributed by atoms with Crippen molar-refractivity contribution in [1.82, 2.24) is 20.3 Å². The zero-order valence-corrected chi connectivity index (χ0v) is 18.1. The standard InChI is InChI=1S/C23H20ClF3N4O2/c24-17-9-8-14(13-28-20(32)22(23(25,26)27)10-4-5-11-22)12-16(17)19-29-18(30-21(33)31-19)15-6-2-1-3-7-15/h1-3,6-9,12H,4-5,10-11,13H2,(H,28,32)(H,29,30,31,33). The van der Waals surface area contributed by atoms with Gasteiger partial charge in [0.25, 0.3) is 0 Å². The third-order valence-corrected chi connectivity index (χ3v) is 6.14. The average Bonchev–Trinajstić information content (AvgIpc) is 3.30. The zero-order chi connectivity index (χ0) is 23.6. The number of aromatic hydroxyl groups is 1. The predicted octanol–water partition coefficient (Wildman–Crippen LogP) is 5.30. The Hall–Kier alpha value is -3.20. The Balaban J connectivity index is 1.59. The van der Waals surface area contributed by atoms with Gasteiger partial charge in [-0.05, 0) is 30.5 Å². The van der Waals surface area contributed by atoms with E-state index < -0.39 is 23.5 Å². The molecule has 1 aliphatic carbocycles. The quantitative estimate of drug-likeness (QED) is 0.521. The van der Waals surface area contributed by atoms with Gasteiger partial charge in [0.05, 0.1) is 5.02 Å². The van der Waals surface area contributed by atoms with Crippen LogP contribution in [0.1, 0.15) is 31.2 Å². The van der Waals surface area contributed by atoms with Crippen LogP contribution in [0.4, 0.5) is 13.2 Å². The van der Waals surface area contributed by atoms with Gasteiger partial charge in [0, 0.05) is 17.7 Å². The topological polar surface area (TPSA) is 88.0 Å². The Morgan fingerprint density at radius 1 is 1.03 bits per heavy atom. The highest BCUT2D eigenvalue weighted by molar-refractivity contribution is 6.33. The van der Waals surface area contributed by atoms with E-state index in [0.717, 1.165) is 0 Å². The minimum absolute atomic E-state index is 0.0992. The third kappa shape index (κ3) is 4.64. The molecule has 1 amide bonds. The fourth-order valence-corrected chi connectivity index (χ4v) is 4.23. The number of nitrogens with one attached hydrogen (secondary N) is 1. The van der Waals surface area contributed by atoms with Crippen molar-refractivity contribution in [3.8, 4) is 28.8 Å². The summed E-state index contributed by atoms with van der Waals surface area (Å²) >= 11 is 6.31. The third-order valence-electron chi connectivity index (χ3n) is 5.81. The molecule has 0 bridgehead atoms. The molecule has 1 aromatic heterocycles. The monoisotopic (exact) mass is 476 g/mol. The Morgan fingerprint density at radius 3 is 2.36 bits per heavy atom. The maximum atomic E-state index is 13.6. The molecule has 10 heteroatoms. The largest absolute Gasteiger partial charge is 0.479 e. The van der Waals surface area contributed by atoms with Crippen molar-refractivity contribution in [3.05, 3.63) is 59.1 Å². The molecule has 6 nitrogen and oxygen atoms in total. The molecule has 2 aromatic carbocycles. The molecule has 1 heterocycles. The van der Waals surface area contributed by atoms with Gasteiger partial charge in [-0.15, -0.1) is 0 Å². The van der Waals surface area contributed by atoms with Gasteiger partial charge >= 0.3 is 12.2 Å². The van der Waals surface area contributed by atoms with Crippen molar-refractivity contribution in [2.45, 2.75) is 38.4 Å². The molecule has 2 N–H and O–H groups in total. The maximum absolute atomic E-state index is 13.6. The van der Waals surface area contributed by atoms with Crippen molar-refractivity contribution >= 4 is 17.5 Å². The van der Waals surface area contributed by atoms with E-state index in [1.165, 1.54) is 6.07 Å². The van der Waals surface area contributed by atoms with Gasteiger partial charge in [-0.3, -0.25) is 4.79 Å². The summed E-state index contributed by atoms with van der Waals surface area (Å²) in [6.07, 6.45) is -4.29. The number of alkyl halides is 3. The van der Waals surface area contributed by atoms with E-state index in [4.69, 9.17) is 11.6 Å². The van der Waals surface area contributed by atoms with Crippen LogP contribution in [-0.4, -0.2) is 32.1 Å². The average molecular weight is 477 g/mol. The SMILES string of the molecule is O=C(NCc1ccc(Cl)c(-c2nc(O)nc(-c3ccccc3)n2)c1)C1(C(F)(F)F)CCCC1. The number of hydrogen-bond donors (Lipinski definition) is 2. The fraction of sp³-hybridized carbons (Fsp3) is 0.304. The van der Waals surface area contributed by atoms with Crippen LogP contribution in [0.25, 0.3) is 22.8 Å². The molecule has 1 saturated carbocycles. The first kappa shape index (κ1) is 23.0. The number of carbonyl (C=O) groups excluding carboxylic acids is 1. The Morgan fingerprint density at radius 2 is 1.70 bits per heavy atom. The van der Waals surface area contributed by atoms with Crippen molar-refractivity contribution in [2.24, 2.45) is 5.41 Å². The minimum Gasteiger partial charge on any atom is -0.479 e. The predicted molar refractivity (Wildman–Crippen MR) is 116 cm³/mol. The second kappa shape index (κ2) is 8.97. The lowest BCUT2D eigenvalue weighted by Crippen LogP contribution is -2.48. The highest BCUT2D eigenvalue weighted by Crippen LogP contribution is 2.50. The zero-order valence-electron chi connectivity index (χ0n) is 17.4. The molecule has 4 rings (SSSR count). The summed E-state index contributed by atoms with van der Waals surface area (Å²) in [6.45, 7) is -0.122. The summed E-state index contributed by atoms with van der Waals surface area (Å²) in [5.74, 6) is -0.684. The van der Waals surface area contributed by atoms with Crippen LogP contribution in [0, 0.1) is 5.41 Å². The number of amides is 1. The molecule has 0 saturated heterocycles. The summed E-state index contributed by atoms with van der Waals surface area (Å²) in [6, 6.07) is 13.2. The van der Waals surface area contributed by atoms with Gasteiger partial charge in [-0.1, -0.05) is 60.8 Å². The molecule has 33 heavy (non-hydrogen) atoms. The minimum atomic E-state index is -4.60. The summed E-state index contributed by atoms with van der Waals surface area (Å²) in [7, 11) is 0. The Labute approximate surface area is 192 Å². The van der Waals surface area contributed by atoms with Crippen LogP contribution in [0.3, 0.4) is 0 Å². The van der Waals surface area contributed by atoms with E-state index in [1.807, 2.05) is 6.07 Å². The first-order valence-corrected chi connectivity index (χ1v) is 10.7. The molecule has 1 fully saturated rings. The van der Waals surface area contributed by atoms with Crippen molar-refractivity contribution in [1.29, 1.82) is 0 Å². The number of nitrogens with zero attached hydrogens (tertiary/aromatic N) is 3. The Bertz CT molecular complexity index is 1170. The summed E-state index contributed by atoms with van der Waals surface area (Å²) in [5.41, 5.74) is -0.818. The summed E-state index contributed by atoms with van der Waals surface area (Å²) in [4.78, 5) is 24.8. The van der Waals surface area contributed by atoms with Crippen LogP contribution in [0.2, 0.25) is 5.02 Å². The lowest BCUT2D eigenvalue weighted by molar-refractivity contribution is -0.220. The van der Waals surface area contributed by atoms with Gasteiger partial charge in [0.2, 0.25) is 5.91 Å². The molecule has 0 atom stereocenters. The lowest BCUT2D eigenvalue weighted by Gasteiger charge is -2.30. The van der Waals surface area contributed by atoms with Crippen molar-refractivity contribution in [2.75, 3.05) is 0 Å². The molecule has 172 valence electrons. The first-order valence-electron chi connectivity index (χ1n) is 10.3. The Kier molecular flexibility index (Phi) is 6.25. The van der Waals surface area contributed by atoms with E-state index in [-0.39, 0.29) is 36.1 Å². The smallest absolute Gasteiger partial charge is 0.403 e. The number of aromatic nitrogens is 3. The number of halogens is 4. The molecule has 3 aromatic rings. The van der Waals surface area contributed by atoms with Gasteiger partial charge < -0.3 is 10.4 Å². The highest BCUT2D eigenvalue weighted by atomic mass is 35.5. The van der Waals surface area contributed by atoms with Gasteiger partial charge in [-0.25, -0.2) is 4.98 Å². The molecular weight excluding hydrogens is 457 g/mol.